The van der Waals surface area contributed by atoms with E-state index in [1.807, 2.05) is 43.3 Å². The molecule has 0 aliphatic rings. The number of aliphatic hydroxyl groups is 1. The average molecular weight is 361 g/mol. The van der Waals surface area contributed by atoms with E-state index in [1.54, 1.807) is 12.1 Å². The quantitative estimate of drug-likeness (QED) is 0.667. The first kappa shape index (κ1) is 16.7. The second-order valence-corrected chi connectivity index (χ2v) is 5.92. The van der Waals surface area contributed by atoms with E-state index in [9.17, 15) is 5.11 Å². The third kappa shape index (κ3) is 3.51. The van der Waals surface area contributed by atoms with Gasteiger partial charge in [0, 0.05) is 0 Å². The van der Waals surface area contributed by atoms with Crippen LogP contribution < -0.4 is 4.74 Å². The molecule has 0 radical (unpaired) electrons. The van der Waals surface area contributed by atoms with Crippen LogP contribution in [0.1, 0.15) is 22.8 Å². The molecule has 0 spiro atoms. The highest BCUT2D eigenvalue weighted by molar-refractivity contribution is 6.34. The Bertz CT molecular complexity index is 837. The summed E-state index contributed by atoms with van der Waals surface area (Å²) in [4.78, 5) is 7.75. The number of aryl methyl sites for hydroxylation is 1. The maximum atomic E-state index is 10.6. The molecule has 0 saturated carbocycles. The van der Waals surface area contributed by atoms with Gasteiger partial charge in [-0.3, -0.25) is 0 Å². The summed E-state index contributed by atoms with van der Waals surface area (Å²) < 4.78 is 5.79. The molecule has 1 atom stereocenters. The third-order valence-corrected chi connectivity index (χ3v) is 4.18. The maximum Gasteiger partial charge on any atom is 0.140 e. The van der Waals surface area contributed by atoms with E-state index in [4.69, 9.17) is 27.9 Å². The van der Waals surface area contributed by atoms with Gasteiger partial charge in [0.2, 0.25) is 0 Å². The number of halogens is 2. The van der Waals surface area contributed by atoms with Gasteiger partial charge >= 0.3 is 0 Å². The SMILES string of the molecule is Cc1cc(Oc2ccccc2)ccc1C(O)c1c(Cl)ncnc1Cl. The number of aromatic nitrogens is 2. The van der Waals surface area contributed by atoms with Crippen molar-refractivity contribution in [2.45, 2.75) is 13.0 Å². The highest BCUT2D eigenvalue weighted by Gasteiger charge is 2.21. The Labute approximate surface area is 149 Å². The van der Waals surface area contributed by atoms with Crippen LogP contribution in [0.5, 0.6) is 11.5 Å². The molecule has 0 amide bonds. The number of ether oxygens (including phenoxy) is 1. The highest BCUT2D eigenvalue weighted by Crippen LogP contribution is 2.34. The molecular weight excluding hydrogens is 347 g/mol. The Morgan fingerprint density at radius 3 is 2.25 bits per heavy atom. The second-order valence-electron chi connectivity index (χ2n) is 5.21. The van der Waals surface area contributed by atoms with Gasteiger partial charge in [0.05, 0.1) is 5.56 Å². The molecule has 0 bridgehead atoms. The molecule has 1 aromatic heterocycles. The summed E-state index contributed by atoms with van der Waals surface area (Å²) in [6.07, 6.45) is 0.238. The minimum absolute atomic E-state index is 0.131. The van der Waals surface area contributed by atoms with E-state index in [2.05, 4.69) is 9.97 Å². The van der Waals surface area contributed by atoms with Crippen LogP contribution in [0.15, 0.2) is 54.9 Å². The minimum atomic E-state index is -1.02. The van der Waals surface area contributed by atoms with Gasteiger partial charge in [0.25, 0.3) is 0 Å². The van der Waals surface area contributed by atoms with Crippen LogP contribution in [0.4, 0.5) is 0 Å². The highest BCUT2D eigenvalue weighted by atomic mass is 35.5. The Morgan fingerprint density at radius 2 is 1.62 bits per heavy atom. The fourth-order valence-corrected chi connectivity index (χ4v) is 2.90. The smallest absolute Gasteiger partial charge is 0.140 e. The predicted octanol–water partition coefficient (Wildman–Crippen LogP) is 4.97. The molecule has 4 nitrogen and oxygen atoms in total. The zero-order chi connectivity index (χ0) is 17.1. The van der Waals surface area contributed by atoms with Gasteiger partial charge in [-0.15, -0.1) is 0 Å². The number of hydrogen-bond acceptors (Lipinski definition) is 4. The van der Waals surface area contributed by atoms with Crippen LogP contribution in [-0.2, 0) is 0 Å². The first-order chi connectivity index (χ1) is 11.6. The summed E-state index contributed by atoms with van der Waals surface area (Å²) in [5, 5.41) is 10.9. The second kappa shape index (κ2) is 7.18. The fraction of sp³-hybridized carbons (Fsp3) is 0.111. The van der Waals surface area contributed by atoms with Crippen molar-refractivity contribution in [2.24, 2.45) is 0 Å². The van der Waals surface area contributed by atoms with Crippen molar-refractivity contribution in [1.29, 1.82) is 0 Å². The van der Waals surface area contributed by atoms with Crippen LogP contribution >= 0.6 is 23.2 Å². The van der Waals surface area contributed by atoms with E-state index < -0.39 is 6.10 Å². The number of rotatable bonds is 4. The van der Waals surface area contributed by atoms with Gasteiger partial charge in [-0.25, -0.2) is 9.97 Å². The van der Waals surface area contributed by atoms with Crippen molar-refractivity contribution in [3.8, 4) is 11.5 Å². The molecule has 0 aliphatic heterocycles. The minimum Gasteiger partial charge on any atom is -0.457 e. The van der Waals surface area contributed by atoms with E-state index >= 15 is 0 Å². The maximum absolute atomic E-state index is 10.6. The van der Waals surface area contributed by atoms with E-state index in [1.165, 1.54) is 6.33 Å². The summed E-state index contributed by atoms with van der Waals surface area (Å²) in [5.74, 6) is 1.42. The normalized spacial score (nSPS) is 12.0. The number of aliphatic hydroxyl groups excluding tert-OH is 1. The lowest BCUT2D eigenvalue weighted by Crippen LogP contribution is -2.06. The van der Waals surface area contributed by atoms with Crippen LogP contribution in [-0.4, -0.2) is 15.1 Å². The van der Waals surface area contributed by atoms with Crippen molar-refractivity contribution in [1.82, 2.24) is 9.97 Å². The summed E-state index contributed by atoms with van der Waals surface area (Å²) in [6, 6.07) is 14.9. The van der Waals surface area contributed by atoms with Gasteiger partial charge in [-0.1, -0.05) is 47.5 Å². The standard InChI is InChI=1S/C18H14Cl2N2O2/c1-11-9-13(24-12-5-3-2-4-6-12)7-8-14(11)16(23)15-17(19)21-10-22-18(15)20/h2-10,16,23H,1H3. The number of para-hydroxylation sites is 1. The first-order valence-electron chi connectivity index (χ1n) is 7.23. The number of hydrogen-bond donors (Lipinski definition) is 1. The van der Waals surface area contributed by atoms with Gasteiger partial charge in [0.15, 0.2) is 0 Å². The summed E-state index contributed by atoms with van der Waals surface area (Å²) >= 11 is 12.1. The van der Waals surface area contributed by atoms with Crippen LogP contribution in [0, 0.1) is 6.92 Å². The van der Waals surface area contributed by atoms with Gasteiger partial charge in [-0.05, 0) is 42.3 Å². The van der Waals surface area contributed by atoms with E-state index in [0.717, 1.165) is 11.3 Å². The Kier molecular flexibility index (Phi) is 5.00. The molecule has 1 heterocycles. The molecule has 6 heteroatoms. The van der Waals surface area contributed by atoms with Crippen LogP contribution in [0.2, 0.25) is 10.3 Å². The Morgan fingerprint density at radius 1 is 0.958 bits per heavy atom. The summed E-state index contributed by atoms with van der Waals surface area (Å²) in [7, 11) is 0. The molecule has 1 unspecified atom stereocenters. The topological polar surface area (TPSA) is 55.2 Å². The van der Waals surface area contributed by atoms with Crippen molar-refractivity contribution in [3.05, 3.63) is 81.9 Å². The van der Waals surface area contributed by atoms with E-state index in [0.29, 0.717) is 16.9 Å². The van der Waals surface area contributed by atoms with Gasteiger partial charge < -0.3 is 9.84 Å². The van der Waals surface area contributed by atoms with Crippen molar-refractivity contribution >= 4 is 23.2 Å². The van der Waals surface area contributed by atoms with Crippen molar-refractivity contribution < 1.29 is 9.84 Å². The van der Waals surface area contributed by atoms with Crippen molar-refractivity contribution in [2.75, 3.05) is 0 Å². The summed E-state index contributed by atoms with van der Waals surface area (Å²) in [5.41, 5.74) is 1.79. The monoisotopic (exact) mass is 360 g/mol. The molecule has 24 heavy (non-hydrogen) atoms. The molecule has 0 fully saturated rings. The number of nitrogens with zero attached hydrogens (tertiary/aromatic N) is 2. The average Bonchev–Trinajstić information content (AvgIpc) is 2.55. The fourth-order valence-electron chi connectivity index (χ4n) is 2.38. The third-order valence-electron chi connectivity index (χ3n) is 3.57. The van der Waals surface area contributed by atoms with Crippen molar-refractivity contribution in [3.63, 3.8) is 0 Å². The number of benzene rings is 2. The van der Waals surface area contributed by atoms with Gasteiger partial charge in [-0.2, -0.15) is 0 Å². The van der Waals surface area contributed by atoms with Gasteiger partial charge in [0.1, 0.15) is 34.2 Å². The Balaban J connectivity index is 1.90. The molecule has 0 saturated heterocycles. The predicted molar refractivity (Wildman–Crippen MR) is 93.8 cm³/mol. The van der Waals surface area contributed by atoms with Crippen LogP contribution in [0.25, 0.3) is 0 Å². The lowest BCUT2D eigenvalue weighted by Gasteiger charge is -2.16. The first-order valence-corrected chi connectivity index (χ1v) is 7.99. The Hall–Kier alpha value is -2.14. The molecule has 3 aromatic rings. The van der Waals surface area contributed by atoms with Crippen LogP contribution in [0.3, 0.4) is 0 Å². The summed E-state index contributed by atoms with van der Waals surface area (Å²) in [6.45, 7) is 1.88. The lowest BCUT2D eigenvalue weighted by molar-refractivity contribution is 0.218. The molecule has 122 valence electrons. The zero-order valence-electron chi connectivity index (χ0n) is 12.8. The molecule has 3 rings (SSSR count). The molecule has 2 aromatic carbocycles. The molecule has 0 aliphatic carbocycles. The molecular formula is C18H14Cl2N2O2. The lowest BCUT2D eigenvalue weighted by atomic mass is 9.99. The molecule has 1 N–H and O–H groups in total. The zero-order valence-corrected chi connectivity index (χ0v) is 14.3. The largest absolute Gasteiger partial charge is 0.457 e. The van der Waals surface area contributed by atoms with E-state index in [-0.39, 0.29) is 10.3 Å².